The van der Waals surface area contributed by atoms with Crippen LogP contribution < -0.4 is 10.5 Å². The zero-order valence-electron chi connectivity index (χ0n) is 15.9. The molecule has 0 fully saturated rings. The fraction of sp³-hybridized carbons (Fsp3) is 0.250. The molecule has 0 radical (unpaired) electrons. The summed E-state index contributed by atoms with van der Waals surface area (Å²) in [5.41, 5.74) is 8.99. The van der Waals surface area contributed by atoms with E-state index >= 15 is 0 Å². The minimum Gasteiger partial charge on any atom is -0.497 e. The Morgan fingerprint density at radius 1 is 1.29 bits per heavy atom. The molecule has 3 rings (SSSR count). The molecule has 7 nitrogen and oxygen atoms in total. The fourth-order valence-electron chi connectivity index (χ4n) is 2.94. The van der Waals surface area contributed by atoms with Gasteiger partial charge in [-0.25, -0.2) is 9.78 Å². The number of rotatable bonds is 7. The first kappa shape index (κ1) is 19.6. The molecule has 1 aromatic carbocycles. The number of carbonyl (C=O) groups is 2. The standard InChI is InChI=1S/C20H21N3O4S/c1-4-27-20(25)19-22-16(11-28-19)17-9-15(18(21)24)12(2)23(17)10-13-6-5-7-14(8-13)26-3/h5-9,11H,4,10H2,1-3H3,(H2,21,24). The molecule has 3 aromatic rings. The van der Waals surface area contributed by atoms with Crippen LogP contribution in [0.1, 0.15) is 38.3 Å². The number of benzene rings is 1. The molecule has 0 aliphatic rings. The molecule has 0 aliphatic heterocycles. The van der Waals surface area contributed by atoms with Crippen LogP contribution in [0.2, 0.25) is 0 Å². The summed E-state index contributed by atoms with van der Waals surface area (Å²) in [4.78, 5) is 28.2. The Kier molecular flexibility index (Phi) is 5.79. The van der Waals surface area contributed by atoms with Crippen molar-refractivity contribution < 1.29 is 19.1 Å². The van der Waals surface area contributed by atoms with Crippen LogP contribution in [-0.2, 0) is 11.3 Å². The number of ether oxygens (including phenoxy) is 2. The quantitative estimate of drug-likeness (QED) is 0.615. The highest BCUT2D eigenvalue weighted by atomic mass is 32.1. The third kappa shape index (κ3) is 3.91. The lowest BCUT2D eigenvalue weighted by molar-refractivity contribution is 0.0526. The topological polar surface area (TPSA) is 96.4 Å². The van der Waals surface area contributed by atoms with E-state index in [2.05, 4.69) is 4.98 Å². The van der Waals surface area contributed by atoms with E-state index in [-0.39, 0.29) is 11.6 Å². The van der Waals surface area contributed by atoms with Crippen LogP contribution in [-0.4, -0.2) is 35.1 Å². The summed E-state index contributed by atoms with van der Waals surface area (Å²) in [6, 6.07) is 9.39. The van der Waals surface area contributed by atoms with Crippen LogP contribution in [0.25, 0.3) is 11.4 Å². The molecule has 2 heterocycles. The molecule has 2 aromatic heterocycles. The van der Waals surface area contributed by atoms with Crippen molar-refractivity contribution in [1.29, 1.82) is 0 Å². The van der Waals surface area contributed by atoms with Crippen LogP contribution in [0.3, 0.4) is 0 Å². The molecule has 0 atom stereocenters. The number of nitrogens with two attached hydrogens (primary N) is 1. The zero-order chi connectivity index (χ0) is 20.3. The van der Waals surface area contributed by atoms with Gasteiger partial charge >= 0.3 is 5.97 Å². The largest absolute Gasteiger partial charge is 0.497 e. The predicted molar refractivity (Wildman–Crippen MR) is 107 cm³/mol. The van der Waals surface area contributed by atoms with Gasteiger partial charge in [0.25, 0.3) is 5.91 Å². The molecule has 0 saturated heterocycles. The third-order valence-electron chi connectivity index (χ3n) is 4.32. The minimum absolute atomic E-state index is 0.268. The lowest BCUT2D eigenvalue weighted by Gasteiger charge is -2.12. The maximum Gasteiger partial charge on any atom is 0.367 e. The van der Waals surface area contributed by atoms with Crippen molar-refractivity contribution in [2.45, 2.75) is 20.4 Å². The van der Waals surface area contributed by atoms with Gasteiger partial charge in [-0.1, -0.05) is 12.1 Å². The van der Waals surface area contributed by atoms with Gasteiger partial charge in [0.15, 0.2) is 0 Å². The highest BCUT2D eigenvalue weighted by Crippen LogP contribution is 2.29. The predicted octanol–water partition coefficient (Wildman–Crippen LogP) is 3.25. The highest BCUT2D eigenvalue weighted by molar-refractivity contribution is 7.11. The van der Waals surface area contributed by atoms with E-state index in [9.17, 15) is 9.59 Å². The number of aromatic nitrogens is 2. The molecule has 0 unspecified atom stereocenters. The van der Waals surface area contributed by atoms with E-state index in [1.54, 1.807) is 25.5 Å². The van der Waals surface area contributed by atoms with E-state index in [0.29, 0.717) is 23.5 Å². The first-order valence-corrected chi connectivity index (χ1v) is 9.58. The van der Waals surface area contributed by atoms with Crippen LogP contribution in [0.5, 0.6) is 5.75 Å². The summed E-state index contributed by atoms with van der Waals surface area (Å²) in [7, 11) is 1.61. The van der Waals surface area contributed by atoms with Gasteiger partial charge in [-0.15, -0.1) is 11.3 Å². The summed E-state index contributed by atoms with van der Waals surface area (Å²) in [5, 5.41) is 2.04. The second-order valence-electron chi connectivity index (χ2n) is 6.09. The summed E-state index contributed by atoms with van der Waals surface area (Å²) in [6.07, 6.45) is 0. The van der Waals surface area contributed by atoms with E-state index in [0.717, 1.165) is 17.0 Å². The average Bonchev–Trinajstić information content (AvgIpc) is 3.28. The van der Waals surface area contributed by atoms with Crippen LogP contribution >= 0.6 is 11.3 Å². The van der Waals surface area contributed by atoms with E-state index in [1.165, 1.54) is 11.3 Å². The monoisotopic (exact) mass is 399 g/mol. The second kappa shape index (κ2) is 8.26. The maximum atomic E-state index is 11.9. The van der Waals surface area contributed by atoms with Crippen molar-refractivity contribution in [2.75, 3.05) is 13.7 Å². The molecule has 0 spiro atoms. The Morgan fingerprint density at radius 3 is 2.75 bits per heavy atom. The SMILES string of the molecule is CCOC(=O)c1nc(-c2cc(C(N)=O)c(C)n2Cc2cccc(OC)c2)cs1. The molecule has 1 amide bonds. The molecular formula is C20H21N3O4S. The molecule has 28 heavy (non-hydrogen) atoms. The third-order valence-corrected chi connectivity index (χ3v) is 5.15. The smallest absolute Gasteiger partial charge is 0.367 e. The van der Waals surface area contributed by atoms with Gasteiger partial charge in [0, 0.05) is 17.6 Å². The molecule has 146 valence electrons. The Labute approximate surface area is 166 Å². The lowest BCUT2D eigenvalue weighted by atomic mass is 10.2. The number of hydrogen-bond acceptors (Lipinski definition) is 6. The average molecular weight is 399 g/mol. The Bertz CT molecular complexity index is 1020. The van der Waals surface area contributed by atoms with Crippen LogP contribution in [0.15, 0.2) is 35.7 Å². The second-order valence-corrected chi connectivity index (χ2v) is 6.95. The minimum atomic E-state index is -0.510. The fourth-order valence-corrected chi connectivity index (χ4v) is 3.64. The number of nitrogens with zero attached hydrogens (tertiary/aromatic N) is 2. The van der Waals surface area contributed by atoms with Crippen molar-refractivity contribution in [1.82, 2.24) is 9.55 Å². The van der Waals surface area contributed by atoms with Crippen LogP contribution in [0, 0.1) is 6.92 Å². The van der Waals surface area contributed by atoms with Crippen molar-refractivity contribution in [3.63, 3.8) is 0 Å². The van der Waals surface area contributed by atoms with Crippen molar-refractivity contribution in [3.8, 4) is 17.1 Å². The Hall–Kier alpha value is -3.13. The Morgan fingerprint density at radius 2 is 2.07 bits per heavy atom. The first-order chi connectivity index (χ1) is 13.4. The Balaban J connectivity index is 2.04. The summed E-state index contributed by atoms with van der Waals surface area (Å²) in [6.45, 7) is 4.36. The molecule has 0 saturated carbocycles. The number of amides is 1. The number of esters is 1. The molecular weight excluding hydrogens is 378 g/mol. The van der Waals surface area contributed by atoms with Crippen LogP contribution in [0.4, 0.5) is 0 Å². The van der Waals surface area contributed by atoms with Crippen molar-refractivity contribution in [2.24, 2.45) is 5.73 Å². The summed E-state index contributed by atoms with van der Waals surface area (Å²) in [5.74, 6) is -0.224. The normalized spacial score (nSPS) is 10.7. The van der Waals surface area contributed by atoms with E-state index in [4.69, 9.17) is 15.2 Å². The molecule has 0 bridgehead atoms. The first-order valence-electron chi connectivity index (χ1n) is 8.70. The lowest BCUT2D eigenvalue weighted by Crippen LogP contribution is -2.12. The zero-order valence-corrected chi connectivity index (χ0v) is 16.7. The maximum absolute atomic E-state index is 11.9. The number of methoxy groups -OCH3 is 1. The molecule has 2 N–H and O–H groups in total. The number of thiazole rings is 1. The van der Waals surface area contributed by atoms with Gasteiger partial charge < -0.3 is 19.8 Å². The van der Waals surface area contributed by atoms with Crippen molar-refractivity contribution >= 4 is 23.2 Å². The molecule has 8 heteroatoms. The van der Waals surface area contributed by atoms with Gasteiger partial charge in [-0.2, -0.15) is 0 Å². The number of primary amides is 1. The van der Waals surface area contributed by atoms with E-state index < -0.39 is 11.9 Å². The molecule has 0 aliphatic carbocycles. The van der Waals surface area contributed by atoms with Gasteiger partial charge in [0.1, 0.15) is 5.75 Å². The number of carbonyl (C=O) groups excluding carboxylic acids is 2. The summed E-state index contributed by atoms with van der Waals surface area (Å²) < 4.78 is 12.3. The number of hydrogen-bond donors (Lipinski definition) is 1. The van der Waals surface area contributed by atoms with Gasteiger partial charge in [0.05, 0.1) is 30.7 Å². The van der Waals surface area contributed by atoms with E-state index in [1.807, 2.05) is 35.8 Å². The highest BCUT2D eigenvalue weighted by Gasteiger charge is 2.20. The van der Waals surface area contributed by atoms with Gasteiger partial charge in [-0.3, -0.25) is 4.79 Å². The van der Waals surface area contributed by atoms with Gasteiger partial charge in [0.2, 0.25) is 5.01 Å². The van der Waals surface area contributed by atoms with Gasteiger partial charge in [-0.05, 0) is 37.6 Å². The summed E-state index contributed by atoms with van der Waals surface area (Å²) >= 11 is 1.20. The van der Waals surface area contributed by atoms with Crippen molar-refractivity contribution in [3.05, 3.63) is 57.5 Å².